The van der Waals surface area contributed by atoms with E-state index in [4.69, 9.17) is 5.73 Å². The number of rotatable bonds is 6. The fraction of sp³-hybridized carbons (Fsp3) is 0.385. The second kappa shape index (κ2) is 10.00. The first kappa shape index (κ1) is 25.8. The van der Waals surface area contributed by atoms with Gasteiger partial charge in [0.25, 0.3) is 5.91 Å². The first-order valence-corrected chi connectivity index (χ1v) is 12.0. The number of hydrogen-bond donors (Lipinski definition) is 2. The van der Waals surface area contributed by atoms with E-state index in [1.54, 1.807) is 34.6 Å². The van der Waals surface area contributed by atoms with Gasteiger partial charge in [-0.15, -0.1) is 0 Å². The lowest BCUT2D eigenvalue weighted by Crippen LogP contribution is -2.27. The Hall–Kier alpha value is -4.28. The number of nitrogens with zero attached hydrogens (tertiary/aromatic N) is 6. The minimum Gasteiger partial charge on any atom is -0.383 e. The molecule has 194 valence electrons. The third-order valence-electron chi connectivity index (χ3n) is 7.09. The number of carbonyl (C=O) groups excluding carboxylic acids is 3. The highest BCUT2D eigenvalue weighted by Crippen LogP contribution is 2.33. The number of likely N-dealkylation sites (tertiary alicyclic amines) is 1. The zero-order valence-electron chi connectivity index (χ0n) is 21.8. The molecule has 11 nitrogen and oxygen atoms in total. The van der Waals surface area contributed by atoms with Crippen LogP contribution >= 0.6 is 0 Å². The standard InChI is InChI=1S/C26H32N8O3/c1-7-20(35)33-11-14(2)19(12-33)34-25-22(24(27)28-13-29-25)23(31-34)26(37)30-18-9-8-17(15(3)16(18)4)10-21(36)32(5)6/h7-9,13-14,19H,1,10-12H2,2-6H3,(H,30,37)(H2,27,28,29)/t14-,19-/m0/s1. The minimum absolute atomic E-state index is 0.00117. The number of benzene rings is 1. The molecular weight excluding hydrogens is 472 g/mol. The summed E-state index contributed by atoms with van der Waals surface area (Å²) in [4.78, 5) is 49.6. The van der Waals surface area contributed by atoms with Gasteiger partial charge in [-0.2, -0.15) is 5.10 Å². The van der Waals surface area contributed by atoms with Gasteiger partial charge in [0.05, 0.1) is 17.8 Å². The summed E-state index contributed by atoms with van der Waals surface area (Å²) >= 11 is 0. The molecule has 0 aliphatic carbocycles. The van der Waals surface area contributed by atoms with Crippen LogP contribution in [0.15, 0.2) is 31.1 Å². The first-order chi connectivity index (χ1) is 17.5. The molecule has 0 spiro atoms. The highest BCUT2D eigenvalue weighted by Gasteiger charge is 2.36. The van der Waals surface area contributed by atoms with Crippen molar-refractivity contribution < 1.29 is 14.4 Å². The van der Waals surface area contributed by atoms with Crippen LogP contribution in [-0.2, 0) is 16.0 Å². The number of nitrogens with two attached hydrogens (primary N) is 1. The maximum Gasteiger partial charge on any atom is 0.277 e. The zero-order valence-corrected chi connectivity index (χ0v) is 21.8. The van der Waals surface area contributed by atoms with E-state index < -0.39 is 5.91 Å². The van der Waals surface area contributed by atoms with Crippen LogP contribution in [-0.4, -0.2) is 74.5 Å². The van der Waals surface area contributed by atoms with Gasteiger partial charge in [-0.25, -0.2) is 14.6 Å². The Morgan fingerprint density at radius 2 is 1.92 bits per heavy atom. The molecule has 3 aromatic rings. The molecule has 1 saturated heterocycles. The molecule has 0 unspecified atom stereocenters. The second-order valence-electron chi connectivity index (χ2n) is 9.68. The van der Waals surface area contributed by atoms with Crippen LogP contribution < -0.4 is 11.1 Å². The van der Waals surface area contributed by atoms with Crippen molar-refractivity contribution in [2.24, 2.45) is 5.92 Å². The van der Waals surface area contributed by atoms with Crippen molar-refractivity contribution in [3.63, 3.8) is 0 Å². The molecule has 2 aromatic heterocycles. The maximum absolute atomic E-state index is 13.5. The molecule has 3 amide bonds. The molecule has 1 fully saturated rings. The normalized spacial score (nSPS) is 17.2. The number of anilines is 2. The number of hydrogen-bond acceptors (Lipinski definition) is 7. The van der Waals surface area contributed by atoms with Crippen molar-refractivity contribution in [2.75, 3.05) is 38.2 Å². The van der Waals surface area contributed by atoms with E-state index in [0.29, 0.717) is 29.8 Å². The summed E-state index contributed by atoms with van der Waals surface area (Å²) in [6.45, 7) is 10.4. The topological polar surface area (TPSA) is 139 Å². The molecule has 0 saturated carbocycles. The summed E-state index contributed by atoms with van der Waals surface area (Å²) in [6, 6.07) is 3.44. The van der Waals surface area contributed by atoms with Gasteiger partial charge in [0.1, 0.15) is 12.1 Å². The molecule has 37 heavy (non-hydrogen) atoms. The zero-order chi connectivity index (χ0) is 27.0. The van der Waals surface area contributed by atoms with E-state index in [-0.39, 0.29) is 41.7 Å². The van der Waals surface area contributed by atoms with Gasteiger partial charge in [0, 0.05) is 32.9 Å². The summed E-state index contributed by atoms with van der Waals surface area (Å²) in [5.41, 5.74) is 10.0. The maximum atomic E-state index is 13.5. The first-order valence-electron chi connectivity index (χ1n) is 12.0. The van der Waals surface area contributed by atoms with Gasteiger partial charge in [-0.05, 0) is 48.6 Å². The predicted octanol–water partition coefficient (Wildman–Crippen LogP) is 2.11. The molecule has 3 N–H and O–H groups in total. The quantitative estimate of drug-likeness (QED) is 0.490. The Balaban J connectivity index is 1.68. The van der Waals surface area contributed by atoms with Crippen LogP contribution in [0, 0.1) is 19.8 Å². The highest BCUT2D eigenvalue weighted by atomic mass is 16.2. The lowest BCUT2D eigenvalue weighted by atomic mass is 9.98. The summed E-state index contributed by atoms with van der Waals surface area (Å²) in [5, 5.41) is 7.94. The van der Waals surface area contributed by atoms with Gasteiger partial charge in [0.2, 0.25) is 11.8 Å². The summed E-state index contributed by atoms with van der Waals surface area (Å²) < 4.78 is 1.68. The SMILES string of the molecule is C=CC(=O)N1C[C@H](C)[C@@H](n2nc(C(=O)Nc3ccc(CC(=O)N(C)C)c(C)c3C)c3c(N)ncnc32)C1. The van der Waals surface area contributed by atoms with Crippen LogP contribution in [0.3, 0.4) is 0 Å². The lowest BCUT2D eigenvalue weighted by Gasteiger charge is -2.16. The van der Waals surface area contributed by atoms with Gasteiger partial charge in [-0.3, -0.25) is 14.4 Å². The smallest absolute Gasteiger partial charge is 0.277 e. The third kappa shape index (κ3) is 4.76. The molecule has 3 heterocycles. The number of nitrogens with one attached hydrogen (secondary N) is 1. The average Bonchev–Trinajstić information content (AvgIpc) is 3.44. The van der Waals surface area contributed by atoms with Crippen molar-refractivity contribution in [3.8, 4) is 0 Å². The van der Waals surface area contributed by atoms with E-state index >= 15 is 0 Å². The van der Waals surface area contributed by atoms with E-state index in [0.717, 1.165) is 16.7 Å². The van der Waals surface area contributed by atoms with E-state index in [9.17, 15) is 14.4 Å². The molecule has 1 aliphatic heterocycles. The molecule has 11 heteroatoms. The Morgan fingerprint density at radius 1 is 1.19 bits per heavy atom. The average molecular weight is 505 g/mol. The molecule has 4 rings (SSSR count). The van der Waals surface area contributed by atoms with Crippen LogP contribution in [0.4, 0.5) is 11.5 Å². The Morgan fingerprint density at radius 3 is 2.59 bits per heavy atom. The summed E-state index contributed by atoms with van der Waals surface area (Å²) in [5.74, 6) is -0.381. The third-order valence-corrected chi connectivity index (χ3v) is 7.09. The molecule has 2 atom stereocenters. The van der Waals surface area contributed by atoms with E-state index in [2.05, 4.69) is 27.0 Å². The molecule has 0 bridgehead atoms. The van der Waals surface area contributed by atoms with E-state index in [1.165, 1.54) is 12.4 Å². The van der Waals surface area contributed by atoms with Gasteiger partial charge < -0.3 is 20.9 Å². The summed E-state index contributed by atoms with van der Waals surface area (Å²) in [7, 11) is 3.44. The van der Waals surface area contributed by atoms with Crippen molar-refractivity contribution in [3.05, 3.63) is 53.5 Å². The molecule has 1 aromatic carbocycles. The number of nitrogen functional groups attached to an aromatic ring is 1. The molecule has 0 radical (unpaired) electrons. The lowest BCUT2D eigenvalue weighted by molar-refractivity contribution is -0.128. The highest BCUT2D eigenvalue weighted by molar-refractivity contribution is 6.13. The van der Waals surface area contributed by atoms with Crippen LogP contribution in [0.5, 0.6) is 0 Å². The number of aromatic nitrogens is 4. The largest absolute Gasteiger partial charge is 0.383 e. The monoisotopic (exact) mass is 504 g/mol. The molecular formula is C26H32N8O3. The number of amides is 3. The van der Waals surface area contributed by atoms with Gasteiger partial charge >= 0.3 is 0 Å². The Bertz CT molecular complexity index is 1410. The Labute approximate surface area is 215 Å². The van der Waals surface area contributed by atoms with E-state index in [1.807, 2.05) is 26.8 Å². The fourth-order valence-electron chi connectivity index (χ4n) is 4.67. The van der Waals surface area contributed by atoms with Gasteiger partial charge in [0.15, 0.2) is 11.3 Å². The fourth-order valence-corrected chi connectivity index (χ4v) is 4.67. The number of likely N-dealkylation sites (N-methyl/N-ethyl adjacent to an activating group) is 1. The molecule has 1 aliphatic rings. The van der Waals surface area contributed by atoms with Crippen molar-refractivity contribution in [2.45, 2.75) is 33.2 Å². The van der Waals surface area contributed by atoms with Crippen LogP contribution in [0.2, 0.25) is 0 Å². The van der Waals surface area contributed by atoms with Crippen molar-refractivity contribution in [1.29, 1.82) is 0 Å². The second-order valence-corrected chi connectivity index (χ2v) is 9.68. The van der Waals surface area contributed by atoms with Crippen molar-refractivity contribution in [1.82, 2.24) is 29.5 Å². The summed E-state index contributed by atoms with van der Waals surface area (Å²) in [6.07, 6.45) is 2.91. The predicted molar refractivity (Wildman–Crippen MR) is 141 cm³/mol. The minimum atomic E-state index is -0.449. The van der Waals surface area contributed by atoms with Crippen LogP contribution in [0.1, 0.15) is 40.1 Å². The Kier molecular flexibility index (Phi) is 6.97. The van der Waals surface area contributed by atoms with Crippen LogP contribution in [0.25, 0.3) is 11.0 Å². The number of fused-ring (bicyclic) bond motifs is 1. The van der Waals surface area contributed by atoms with Gasteiger partial charge in [-0.1, -0.05) is 19.6 Å². The van der Waals surface area contributed by atoms with Crippen molar-refractivity contribution >= 4 is 40.3 Å². The number of carbonyl (C=O) groups is 3.